The summed E-state index contributed by atoms with van der Waals surface area (Å²) in [5.74, 6) is 0.00481. The van der Waals surface area contributed by atoms with Crippen molar-refractivity contribution in [2.45, 2.75) is 19.3 Å². The standard InChI is InChI=1S/C13H18N2O/c14-10-13(16)11-4-6-12(7-5-11)15-8-2-1-3-9-15/h4-7H,1-3,8-10,14H2. The number of hydrogen-bond acceptors (Lipinski definition) is 3. The Hall–Kier alpha value is -1.35. The summed E-state index contributed by atoms with van der Waals surface area (Å²) in [4.78, 5) is 13.7. The molecule has 3 nitrogen and oxygen atoms in total. The molecule has 0 radical (unpaired) electrons. The zero-order valence-corrected chi connectivity index (χ0v) is 9.48. The van der Waals surface area contributed by atoms with Gasteiger partial charge in [-0.2, -0.15) is 0 Å². The van der Waals surface area contributed by atoms with E-state index < -0.39 is 0 Å². The molecule has 0 spiro atoms. The number of anilines is 1. The molecule has 86 valence electrons. The second-order valence-electron chi connectivity index (χ2n) is 4.22. The van der Waals surface area contributed by atoms with Gasteiger partial charge in [-0.25, -0.2) is 0 Å². The molecule has 2 N–H and O–H groups in total. The summed E-state index contributed by atoms with van der Waals surface area (Å²) in [6.45, 7) is 2.34. The van der Waals surface area contributed by atoms with Gasteiger partial charge >= 0.3 is 0 Å². The van der Waals surface area contributed by atoms with Crippen molar-refractivity contribution in [3.05, 3.63) is 29.8 Å². The van der Waals surface area contributed by atoms with E-state index in [1.807, 2.05) is 24.3 Å². The Morgan fingerprint density at radius 2 is 1.75 bits per heavy atom. The molecule has 16 heavy (non-hydrogen) atoms. The molecule has 2 rings (SSSR count). The van der Waals surface area contributed by atoms with E-state index in [9.17, 15) is 4.79 Å². The van der Waals surface area contributed by atoms with Crippen molar-refractivity contribution < 1.29 is 4.79 Å². The molecule has 0 atom stereocenters. The first-order valence-corrected chi connectivity index (χ1v) is 5.89. The van der Waals surface area contributed by atoms with Gasteiger partial charge in [0.1, 0.15) is 0 Å². The minimum atomic E-state index is 0.00481. The van der Waals surface area contributed by atoms with E-state index in [0.29, 0.717) is 5.56 Å². The van der Waals surface area contributed by atoms with Crippen molar-refractivity contribution >= 4 is 11.5 Å². The second-order valence-corrected chi connectivity index (χ2v) is 4.22. The normalized spacial score (nSPS) is 16.2. The van der Waals surface area contributed by atoms with Crippen molar-refractivity contribution in [2.24, 2.45) is 5.73 Å². The number of ketones is 1. The van der Waals surface area contributed by atoms with E-state index in [4.69, 9.17) is 5.73 Å². The Kier molecular flexibility index (Phi) is 3.57. The van der Waals surface area contributed by atoms with Gasteiger partial charge in [0.2, 0.25) is 0 Å². The van der Waals surface area contributed by atoms with Gasteiger partial charge in [0.25, 0.3) is 0 Å². The summed E-state index contributed by atoms with van der Waals surface area (Å²) < 4.78 is 0. The maximum atomic E-state index is 11.4. The van der Waals surface area contributed by atoms with Crippen molar-refractivity contribution in [1.82, 2.24) is 0 Å². The lowest BCUT2D eigenvalue weighted by Gasteiger charge is -2.28. The molecule has 1 aliphatic rings. The van der Waals surface area contributed by atoms with Gasteiger partial charge in [-0.05, 0) is 43.5 Å². The summed E-state index contributed by atoms with van der Waals surface area (Å²) >= 11 is 0. The predicted octanol–water partition coefficient (Wildman–Crippen LogP) is 1.82. The Morgan fingerprint density at radius 3 is 2.31 bits per heavy atom. The quantitative estimate of drug-likeness (QED) is 0.787. The minimum Gasteiger partial charge on any atom is -0.372 e. The molecule has 1 saturated heterocycles. The van der Waals surface area contributed by atoms with E-state index >= 15 is 0 Å². The smallest absolute Gasteiger partial charge is 0.176 e. The number of carbonyl (C=O) groups is 1. The maximum Gasteiger partial charge on any atom is 0.176 e. The van der Waals surface area contributed by atoms with E-state index in [0.717, 1.165) is 13.1 Å². The Morgan fingerprint density at radius 1 is 1.12 bits per heavy atom. The highest BCUT2D eigenvalue weighted by Gasteiger charge is 2.11. The summed E-state index contributed by atoms with van der Waals surface area (Å²) in [5, 5.41) is 0. The van der Waals surface area contributed by atoms with E-state index in [2.05, 4.69) is 4.90 Å². The third-order valence-electron chi connectivity index (χ3n) is 3.10. The monoisotopic (exact) mass is 218 g/mol. The molecule has 1 heterocycles. The number of nitrogens with zero attached hydrogens (tertiary/aromatic N) is 1. The highest BCUT2D eigenvalue weighted by Crippen LogP contribution is 2.20. The molecular weight excluding hydrogens is 200 g/mol. The minimum absolute atomic E-state index is 0.00481. The summed E-state index contributed by atoms with van der Waals surface area (Å²) in [6, 6.07) is 7.79. The fourth-order valence-electron chi connectivity index (χ4n) is 2.13. The molecule has 0 bridgehead atoms. The molecule has 0 aliphatic carbocycles. The van der Waals surface area contributed by atoms with Crippen molar-refractivity contribution in [3.8, 4) is 0 Å². The molecule has 1 fully saturated rings. The lowest BCUT2D eigenvalue weighted by Crippen LogP contribution is -2.29. The van der Waals surface area contributed by atoms with Crippen LogP contribution in [0.1, 0.15) is 29.6 Å². The SMILES string of the molecule is NCC(=O)c1ccc(N2CCCCC2)cc1. The maximum absolute atomic E-state index is 11.4. The van der Waals surface area contributed by atoms with Crippen LogP contribution in [0.2, 0.25) is 0 Å². The van der Waals surface area contributed by atoms with Gasteiger partial charge in [-0.1, -0.05) is 0 Å². The first-order chi connectivity index (χ1) is 7.81. The summed E-state index contributed by atoms with van der Waals surface area (Å²) in [5.41, 5.74) is 7.25. The van der Waals surface area contributed by atoms with Crippen molar-refractivity contribution in [3.63, 3.8) is 0 Å². The van der Waals surface area contributed by atoms with Crippen LogP contribution in [0.25, 0.3) is 0 Å². The van der Waals surface area contributed by atoms with Crippen molar-refractivity contribution in [1.29, 1.82) is 0 Å². The number of piperidine rings is 1. The van der Waals surface area contributed by atoms with Crippen LogP contribution >= 0.6 is 0 Å². The number of Topliss-reactive ketones (excluding diaryl/α,β-unsaturated/α-hetero) is 1. The molecule has 1 aromatic carbocycles. The van der Waals surface area contributed by atoms with Crippen molar-refractivity contribution in [2.75, 3.05) is 24.5 Å². The Labute approximate surface area is 96.2 Å². The van der Waals surface area contributed by atoms with Gasteiger partial charge in [-0.15, -0.1) is 0 Å². The highest BCUT2D eigenvalue weighted by molar-refractivity contribution is 5.97. The fourth-order valence-corrected chi connectivity index (χ4v) is 2.13. The van der Waals surface area contributed by atoms with Crippen LogP contribution in [0.15, 0.2) is 24.3 Å². The Balaban J connectivity index is 2.09. The molecule has 1 aliphatic heterocycles. The van der Waals surface area contributed by atoms with Gasteiger partial charge in [0.15, 0.2) is 5.78 Å². The molecule has 3 heteroatoms. The molecule has 1 aromatic rings. The number of benzene rings is 1. The number of carbonyl (C=O) groups excluding carboxylic acids is 1. The van der Waals surface area contributed by atoms with Crippen LogP contribution in [-0.2, 0) is 0 Å². The molecule has 0 saturated carbocycles. The van der Waals surface area contributed by atoms with Crippen LogP contribution in [0.4, 0.5) is 5.69 Å². The third kappa shape index (κ3) is 2.42. The average Bonchev–Trinajstić information content (AvgIpc) is 2.39. The summed E-state index contributed by atoms with van der Waals surface area (Å²) in [7, 11) is 0. The fraction of sp³-hybridized carbons (Fsp3) is 0.462. The van der Waals surface area contributed by atoms with Gasteiger partial charge in [-0.3, -0.25) is 4.79 Å². The summed E-state index contributed by atoms with van der Waals surface area (Å²) in [6.07, 6.45) is 3.87. The van der Waals surface area contributed by atoms with Gasteiger partial charge in [0, 0.05) is 24.3 Å². The van der Waals surface area contributed by atoms with Crippen LogP contribution in [0, 0.1) is 0 Å². The molecule has 0 aromatic heterocycles. The largest absolute Gasteiger partial charge is 0.372 e. The Bertz CT molecular complexity index is 353. The second kappa shape index (κ2) is 5.12. The van der Waals surface area contributed by atoms with Gasteiger partial charge < -0.3 is 10.6 Å². The topological polar surface area (TPSA) is 46.3 Å². The molecule has 0 unspecified atom stereocenters. The lowest BCUT2D eigenvalue weighted by molar-refractivity contribution is 0.100. The lowest BCUT2D eigenvalue weighted by atomic mass is 10.1. The van der Waals surface area contributed by atoms with Crippen LogP contribution in [0.5, 0.6) is 0 Å². The first kappa shape index (κ1) is 11.1. The van der Waals surface area contributed by atoms with Crippen LogP contribution in [-0.4, -0.2) is 25.4 Å². The van der Waals surface area contributed by atoms with Crippen LogP contribution in [0.3, 0.4) is 0 Å². The van der Waals surface area contributed by atoms with E-state index in [-0.39, 0.29) is 12.3 Å². The third-order valence-corrected chi connectivity index (χ3v) is 3.10. The predicted molar refractivity (Wildman–Crippen MR) is 65.9 cm³/mol. The van der Waals surface area contributed by atoms with Crippen LogP contribution < -0.4 is 10.6 Å². The first-order valence-electron chi connectivity index (χ1n) is 5.89. The zero-order valence-electron chi connectivity index (χ0n) is 9.48. The molecular formula is C13H18N2O. The van der Waals surface area contributed by atoms with Gasteiger partial charge in [0.05, 0.1) is 6.54 Å². The number of rotatable bonds is 3. The highest BCUT2D eigenvalue weighted by atomic mass is 16.1. The number of nitrogens with two attached hydrogens (primary N) is 1. The number of hydrogen-bond donors (Lipinski definition) is 1. The van der Waals surface area contributed by atoms with E-state index in [1.54, 1.807) is 0 Å². The average molecular weight is 218 g/mol. The molecule has 0 amide bonds. The zero-order chi connectivity index (χ0) is 11.4. The van der Waals surface area contributed by atoms with E-state index in [1.165, 1.54) is 24.9 Å².